The molecule has 2 aromatic heterocycles. The summed E-state index contributed by atoms with van der Waals surface area (Å²) < 4.78 is 10.5. The number of carbonyl (C=O) groups is 1. The largest absolute Gasteiger partial charge is 0.485 e. The van der Waals surface area contributed by atoms with Gasteiger partial charge in [0.15, 0.2) is 16.7 Å². The number of rotatable bonds is 7. The minimum atomic E-state index is -0.318. The molecule has 0 amide bonds. The van der Waals surface area contributed by atoms with Gasteiger partial charge < -0.3 is 14.8 Å². The molecule has 0 aliphatic rings. The summed E-state index contributed by atoms with van der Waals surface area (Å²) >= 11 is 1.39. The van der Waals surface area contributed by atoms with Crippen molar-refractivity contribution >= 4 is 28.3 Å². The van der Waals surface area contributed by atoms with Crippen molar-refractivity contribution in [3.63, 3.8) is 0 Å². The van der Waals surface area contributed by atoms with Gasteiger partial charge in [-0.15, -0.1) is 11.3 Å². The molecule has 1 N–H and O–H groups in total. The van der Waals surface area contributed by atoms with E-state index in [0.717, 1.165) is 5.56 Å². The number of thiazole rings is 1. The Morgan fingerprint density at radius 1 is 1.20 bits per heavy atom. The first kappa shape index (κ1) is 16.9. The van der Waals surface area contributed by atoms with Crippen molar-refractivity contribution < 1.29 is 14.3 Å². The van der Waals surface area contributed by atoms with E-state index in [9.17, 15) is 4.79 Å². The number of ether oxygens (including phenoxy) is 2. The van der Waals surface area contributed by atoms with E-state index in [0.29, 0.717) is 29.0 Å². The van der Waals surface area contributed by atoms with Gasteiger partial charge in [-0.25, -0.2) is 9.97 Å². The fourth-order valence-electron chi connectivity index (χ4n) is 2.10. The minimum Gasteiger partial charge on any atom is -0.485 e. The molecule has 0 aliphatic carbocycles. The molecule has 0 spiro atoms. The molecule has 0 radical (unpaired) electrons. The SMILES string of the molecule is COC(=O)Cc1csc(Nc2ncccc2OCc2ccccc2)n1. The van der Waals surface area contributed by atoms with Crippen molar-refractivity contribution in [1.82, 2.24) is 9.97 Å². The first-order chi connectivity index (χ1) is 12.2. The van der Waals surface area contributed by atoms with E-state index >= 15 is 0 Å². The van der Waals surface area contributed by atoms with Crippen molar-refractivity contribution in [2.24, 2.45) is 0 Å². The van der Waals surface area contributed by atoms with E-state index in [1.54, 1.807) is 6.20 Å². The monoisotopic (exact) mass is 355 g/mol. The van der Waals surface area contributed by atoms with Gasteiger partial charge >= 0.3 is 5.97 Å². The third kappa shape index (κ3) is 4.77. The van der Waals surface area contributed by atoms with Gasteiger partial charge in [0.05, 0.1) is 19.2 Å². The van der Waals surface area contributed by atoms with Crippen LogP contribution in [0.2, 0.25) is 0 Å². The minimum absolute atomic E-state index is 0.147. The number of pyridine rings is 1. The summed E-state index contributed by atoms with van der Waals surface area (Å²) in [6.07, 6.45) is 1.83. The van der Waals surface area contributed by atoms with Gasteiger partial charge in [0.25, 0.3) is 0 Å². The molecule has 0 aliphatic heterocycles. The molecule has 0 unspecified atom stereocenters. The van der Waals surface area contributed by atoms with Crippen LogP contribution in [0, 0.1) is 0 Å². The summed E-state index contributed by atoms with van der Waals surface area (Å²) in [6, 6.07) is 13.6. The third-order valence-corrected chi connectivity index (χ3v) is 4.14. The maximum atomic E-state index is 11.3. The lowest BCUT2D eigenvalue weighted by Gasteiger charge is -2.10. The Morgan fingerprint density at radius 2 is 2.04 bits per heavy atom. The van der Waals surface area contributed by atoms with Crippen LogP contribution in [-0.2, 0) is 22.6 Å². The van der Waals surface area contributed by atoms with E-state index in [1.165, 1.54) is 18.4 Å². The predicted molar refractivity (Wildman–Crippen MR) is 96.1 cm³/mol. The number of hydrogen-bond donors (Lipinski definition) is 1. The third-order valence-electron chi connectivity index (χ3n) is 3.34. The van der Waals surface area contributed by atoms with Crippen LogP contribution in [0.4, 0.5) is 10.9 Å². The molecule has 0 saturated heterocycles. The second kappa shape index (κ2) is 8.25. The zero-order valence-electron chi connectivity index (χ0n) is 13.6. The Hall–Kier alpha value is -2.93. The average molecular weight is 355 g/mol. The summed E-state index contributed by atoms with van der Waals surface area (Å²) in [6.45, 7) is 0.451. The molecule has 7 heteroatoms. The lowest BCUT2D eigenvalue weighted by Crippen LogP contribution is -2.05. The molecule has 128 valence electrons. The molecule has 6 nitrogen and oxygen atoms in total. The Balaban J connectivity index is 1.67. The van der Waals surface area contributed by atoms with Gasteiger partial charge in [0.1, 0.15) is 6.61 Å². The Morgan fingerprint density at radius 3 is 2.84 bits per heavy atom. The molecule has 0 atom stereocenters. The van der Waals surface area contributed by atoms with Crippen LogP contribution in [0.3, 0.4) is 0 Å². The lowest BCUT2D eigenvalue weighted by atomic mass is 10.2. The summed E-state index contributed by atoms with van der Waals surface area (Å²) in [5.74, 6) is 0.898. The fraction of sp³-hybridized carbons (Fsp3) is 0.167. The molecule has 0 fully saturated rings. The number of nitrogens with one attached hydrogen (secondary N) is 1. The summed E-state index contributed by atoms with van der Waals surface area (Å²) in [5, 5.41) is 5.59. The van der Waals surface area contributed by atoms with E-state index in [1.807, 2.05) is 47.8 Å². The van der Waals surface area contributed by atoms with Gasteiger partial charge in [0, 0.05) is 11.6 Å². The van der Waals surface area contributed by atoms with Crippen molar-refractivity contribution in [2.75, 3.05) is 12.4 Å². The number of aromatic nitrogens is 2. The number of esters is 1. The highest BCUT2D eigenvalue weighted by molar-refractivity contribution is 7.13. The maximum Gasteiger partial charge on any atom is 0.311 e. The fourth-order valence-corrected chi connectivity index (χ4v) is 2.81. The van der Waals surface area contributed by atoms with Gasteiger partial charge in [-0.3, -0.25) is 4.79 Å². The summed E-state index contributed by atoms with van der Waals surface area (Å²) in [4.78, 5) is 20.0. The van der Waals surface area contributed by atoms with Crippen LogP contribution in [0.5, 0.6) is 5.75 Å². The van der Waals surface area contributed by atoms with Crippen LogP contribution in [0.15, 0.2) is 54.0 Å². The quantitative estimate of drug-likeness (QED) is 0.653. The van der Waals surface area contributed by atoms with Crippen LogP contribution < -0.4 is 10.1 Å². The predicted octanol–water partition coefficient (Wildman–Crippen LogP) is 3.58. The highest BCUT2D eigenvalue weighted by atomic mass is 32.1. The Bertz CT molecular complexity index is 836. The van der Waals surface area contributed by atoms with Crippen LogP contribution >= 0.6 is 11.3 Å². The van der Waals surface area contributed by atoms with Crippen LogP contribution in [0.25, 0.3) is 0 Å². The molecule has 3 aromatic rings. The van der Waals surface area contributed by atoms with Gasteiger partial charge in [0.2, 0.25) is 0 Å². The van der Waals surface area contributed by atoms with E-state index in [4.69, 9.17) is 4.74 Å². The number of benzene rings is 1. The first-order valence-corrected chi connectivity index (χ1v) is 8.52. The molecule has 3 rings (SSSR count). The highest BCUT2D eigenvalue weighted by Crippen LogP contribution is 2.27. The number of carbonyl (C=O) groups excluding carboxylic acids is 1. The van der Waals surface area contributed by atoms with E-state index < -0.39 is 0 Å². The number of methoxy groups -OCH3 is 1. The lowest BCUT2D eigenvalue weighted by molar-refractivity contribution is -0.139. The second-order valence-electron chi connectivity index (χ2n) is 5.15. The number of hydrogen-bond acceptors (Lipinski definition) is 7. The van der Waals surface area contributed by atoms with Crippen LogP contribution in [0.1, 0.15) is 11.3 Å². The van der Waals surface area contributed by atoms with E-state index in [-0.39, 0.29) is 12.4 Å². The second-order valence-corrected chi connectivity index (χ2v) is 6.00. The van der Waals surface area contributed by atoms with Crippen molar-refractivity contribution in [3.8, 4) is 5.75 Å². The first-order valence-electron chi connectivity index (χ1n) is 7.64. The standard InChI is InChI=1S/C18H17N3O3S/c1-23-16(22)10-14-12-25-18(20-14)21-17-15(8-5-9-19-17)24-11-13-6-3-2-4-7-13/h2-9,12H,10-11H2,1H3,(H,19,20,21). The maximum absolute atomic E-state index is 11.3. The average Bonchev–Trinajstić information content (AvgIpc) is 3.08. The molecular formula is C18H17N3O3S. The number of nitrogens with zero attached hydrogens (tertiary/aromatic N) is 2. The number of anilines is 2. The zero-order valence-corrected chi connectivity index (χ0v) is 14.5. The Labute approximate surface area is 149 Å². The van der Waals surface area contributed by atoms with Gasteiger partial charge in [-0.1, -0.05) is 30.3 Å². The molecular weight excluding hydrogens is 338 g/mol. The summed E-state index contributed by atoms with van der Waals surface area (Å²) in [5.41, 5.74) is 1.73. The van der Waals surface area contributed by atoms with Crippen molar-refractivity contribution in [1.29, 1.82) is 0 Å². The van der Waals surface area contributed by atoms with Gasteiger partial charge in [-0.2, -0.15) is 0 Å². The normalized spacial score (nSPS) is 10.3. The van der Waals surface area contributed by atoms with Crippen LogP contribution in [-0.4, -0.2) is 23.0 Å². The summed E-state index contributed by atoms with van der Waals surface area (Å²) in [7, 11) is 1.36. The smallest absolute Gasteiger partial charge is 0.311 e. The molecule has 25 heavy (non-hydrogen) atoms. The molecule has 0 bridgehead atoms. The van der Waals surface area contributed by atoms with Gasteiger partial charge in [-0.05, 0) is 17.7 Å². The topological polar surface area (TPSA) is 73.3 Å². The van der Waals surface area contributed by atoms with E-state index in [2.05, 4.69) is 20.0 Å². The van der Waals surface area contributed by atoms with Crippen molar-refractivity contribution in [3.05, 3.63) is 65.3 Å². The Kier molecular flexibility index (Phi) is 5.58. The molecule has 1 aromatic carbocycles. The van der Waals surface area contributed by atoms with Crippen molar-refractivity contribution in [2.45, 2.75) is 13.0 Å². The highest BCUT2D eigenvalue weighted by Gasteiger charge is 2.10. The molecule has 0 saturated carbocycles. The molecule has 2 heterocycles. The zero-order chi connectivity index (χ0) is 17.5.